The SMILES string of the molecule is C=C/C=c1/cc(C(C)C)nc/c1=C/C.CC. The molecule has 1 aromatic heterocycles. The molecule has 0 atom stereocenters. The van der Waals surface area contributed by atoms with E-state index >= 15 is 0 Å². The average molecular weight is 217 g/mol. The molecule has 0 spiro atoms. The maximum atomic E-state index is 4.41. The zero-order chi connectivity index (χ0) is 12.6. The lowest BCUT2D eigenvalue weighted by molar-refractivity contribution is 0.819. The molecule has 1 nitrogen and oxygen atoms in total. The molecule has 0 aliphatic heterocycles. The number of hydrogen-bond acceptors (Lipinski definition) is 1. The molecule has 0 N–H and O–H groups in total. The third-order valence-electron chi connectivity index (χ3n) is 2.19. The van der Waals surface area contributed by atoms with E-state index < -0.39 is 0 Å². The fourth-order valence-corrected chi connectivity index (χ4v) is 1.33. The van der Waals surface area contributed by atoms with Gasteiger partial charge in [-0.15, -0.1) is 0 Å². The van der Waals surface area contributed by atoms with Crippen molar-refractivity contribution >= 4 is 12.2 Å². The first-order chi connectivity index (χ1) is 7.69. The Bertz CT molecular complexity index is 427. The van der Waals surface area contributed by atoms with E-state index in [2.05, 4.69) is 37.6 Å². The molecule has 1 rings (SSSR count). The Morgan fingerprint density at radius 2 is 1.88 bits per heavy atom. The van der Waals surface area contributed by atoms with Crippen molar-refractivity contribution in [1.29, 1.82) is 0 Å². The van der Waals surface area contributed by atoms with Crippen molar-refractivity contribution in [3.63, 3.8) is 0 Å². The van der Waals surface area contributed by atoms with Gasteiger partial charge in [0, 0.05) is 11.9 Å². The molecule has 1 heterocycles. The van der Waals surface area contributed by atoms with Crippen LogP contribution in [0.1, 0.15) is 46.2 Å². The van der Waals surface area contributed by atoms with E-state index in [0.29, 0.717) is 5.92 Å². The molecule has 0 saturated carbocycles. The van der Waals surface area contributed by atoms with E-state index in [1.165, 1.54) is 5.22 Å². The van der Waals surface area contributed by atoms with E-state index in [9.17, 15) is 0 Å². The molecule has 0 amide bonds. The topological polar surface area (TPSA) is 12.9 Å². The summed E-state index contributed by atoms with van der Waals surface area (Å²) in [6.07, 6.45) is 7.81. The molecular formula is C15H23N. The van der Waals surface area contributed by atoms with Crippen LogP contribution in [0.3, 0.4) is 0 Å². The van der Waals surface area contributed by atoms with Crippen molar-refractivity contribution < 1.29 is 0 Å². The van der Waals surface area contributed by atoms with Gasteiger partial charge < -0.3 is 0 Å². The van der Waals surface area contributed by atoms with Gasteiger partial charge in [0.25, 0.3) is 0 Å². The quantitative estimate of drug-likeness (QED) is 0.742. The van der Waals surface area contributed by atoms with Crippen LogP contribution in [0.2, 0.25) is 0 Å². The second-order valence-corrected chi connectivity index (χ2v) is 3.58. The summed E-state index contributed by atoms with van der Waals surface area (Å²) in [5.41, 5.74) is 1.13. The van der Waals surface area contributed by atoms with Crippen LogP contribution in [0, 0.1) is 0 Å². The van der Waals surface area contributed by atoms with Gasteiger partial charge in [0.05, 0.1) is 0 Å². The highest BCUT2D eigenvalue weighted by Gasteiger charge is 1.98. The van der Waals surface area contributed by atoms with Gasteiger partial charge in [0.15, 0.2) is 0 Å². The molecule has 16 heavy (non-hydrogen) atoms. The van der Waals surface area contributed by atoms with Crippen molar-refractivity contribution in [3.8, 4) is 0 Å². The highest BCUT2D eigenvalue weighted by molar-refractivity contribution is 5.38. The van der Waals surface area contributed by atoms with Gasteiger partial charge in [0.2, 0.25) is 0 Å². The van der Waals surface area contributed by atoms with Gasteiger partial charge in [-0.1, -0.05) is 52.5 Å². The Kier molecular flexibility index (Phi) is 7.19. The molecule has 0 bridgehead atoms. The molecule has 0 saturated heterocycles. The third kappa shape index (κ3) is 4.01. The fraction of sp³-hybridized carbons (Fsp3) is 0.400. The number of aromatic nitrogens is 1. The van der Waals surface area contributed by atoms with Crippen LogP contribution >= 0.6 is 0 Å². The minimum absolute atomic E-state index is 0.470. The van der Waals surface area contributed by atoms with Crippen molar-refractivity contribution in [3.05, 3.63) is 41.0 Å². The van der Waals surface area contributed by atoms with Crippen LogP contribution in [0.25, 0.3) is 12.2 Å². The summed E-state index contributed by atoms with van der Waals surface area (Å²) in [7, 11) is 0. The summed E-state index contributed by atoms with van der Waals surface area (Å²) in [6, 6.07) is 2.13. The summed E-state index contributed by atoms with van der Waals surface area (Å²) in [5.74, 6) is 0.470. The lowest BCUT2D eigenvalue weighted by atomic mass is 10.1. The Morgan fingerprint density at radius 3 is 2.31 bits per heavy atom. The summed E-state index contributed by atoms with van der Waals surface area (Å²) in [4.78, 5) is 4.41. The van der Waals surface area contributed by atoms with E-state index in [-0.39, 0.29) is 0 Å². The number of hydrogen-bond donors (Lipinski definition) is 0. The van der Waals surface area contributed by atoms with Crippen LogP contribution in [0.4, 0.5) is 0 Å². The molecule has 0 fully saturated rings. The monoisotopic (exact) mass is 217 g/mol. The first kappa shape index (κ1) is 14.6. The molecule has 1 aromatic rings. The lowest BCUT2D eigenvalue weighted by Gasteiger charge is -2.03. The van der Waals surface area contributed by atoms with Crippen LogP contribution in [0.15, 0.2) is 24.9 Å². The molecule has 88 valence electrons. The second kappa shape index (κ2) is 7.86. The van der Waals surface area contributed by atoms with Crippen molar-refractivity contribution in [2.45, 2.75) is 40.5 Å². The van der Waals surface area contributed by atoms with Gasteiger partial charge in [-0.05, 0) is 29.3 Å². The first-order valence-corrected chi connectivity index (χ1v) is 5.94. The summed E-state index contributed by atoms with van der Waals surface area (Å²) < 4.78 is 0. The Balaban J connectivity index is 0.00000106. The smallest absolute Gasteiger partial charge is 0.0435 e. The second-order valence-electron chi connectivity index (χ2n) is 3.58. The molecule has 0 aromatic carbocycles. The fourth-order valence-electron chi connectivity index (χ4n) is 1.33. The minimum atomic E-state index is 0.470. The Morgan fingerprint density at radius 1 is 1.25 bits per heavy atom. The van der Waals surface area contributed by atoms with Crippen molar-refractivity contribution in [2.75, 3.05) is 0 Å². The van der Waals surface area contributed by atoms with Crippen LogP contribution < -0.4 is 10.4 Å². The molecule has 0 aliphatic rings. The number of allylic oxidation sites excluding steroid dienone is 1. The normalized spacial score (nSPS) is 12.4. The molecule has 0 radical (unpaired) electrons. The predicted octanol–water partition coefficient (Wildman–Crippen LogP) is 3.00. The first-order valence-electron chi connectivity index (χ1n) is 5.94. The van der Waals surface area contributed by atoms with Gasteiger partial charge in [0.1, 0.15) is 0 Å². The largest absolute Gasteiger partial charge is 0.260 e. The maximum absolute atomic E-state index is 4.41. The lowest BCUT2D eigenvalue weighted by Crippen LogP contribution is -2.25. The highest BCUT2D eigenvalue weighted by Crippen LogP contribution is 2.06. The Hall–Kier alpha value is -1.37. The van der Waals surface area contributed by atoms with E-state index in [1.54, 1.807) is 0 Å². The summed E-state index contributed by atoms with van der Waals surface area (Å²) in [5, 5.41) is 2.36. The zero-order valence-electron chi connectivity index (χ0n) is 11.1. The van der Waals surface area contributed by atoms with Crippen molar-refractivity contribution in [2.24, 2.45) is 0 Å². The van der Waals surface area contributed by atoms with Gasteiger partial charge >= 0.3 is 0 Å². The van der Waals surface area contributed by atoms with Gasteiger partial charge in [-0.3, -0.25) is 4.98 Å². The standard InChI is InChI=1S/C13H17N.C2H6/c1-5-7-12-8-13(10(3)4)14-9-11(12)6-2;1-2/h5-10H,1H2,2-4H3;1-2H3/b11-6-,12-7-;. The van der Waals surface area contributed by atoms with Crippen LogP contribution in [0.5, 0.6) is 0 Å². The summed E-state index contributed by atoms with van der Waals surface area (Å²) in [6.45, 7) is 14.0. The third-order valence-corrected chi connectivity index (χ3v) is 2.19. The highest BCUT2D eigenvalue weighted by atomic mass is 14.7. The molecule has 1 heteroatoms. The number of nitrogens with zero attached hydrogens (tertiary/aromatic N) is 1. The minimum Gasteiger partial charge on any atom is -0.260 e. The number of rotatable bonds is 2. The van der Waals surface area contributed by atoms with E-state index in [0.717, 1.165) is 10.9 Å². The van der Waals surface area contributed by atoms with E-state index in [1.807, 2.05) is 39.1 Å². The van der Waals surface area contributed by atoms with Crippen LogP contribution in [-0.2, 0) is 0 Å². The van der Waals surface area contributed by atoms with Gasteiger partial charge in [-0.25, -0.2) is 0 Å². The Labute approximate surface area is 99.2 Å². The van der Waals surface area contributed by atoms with Gasteiger partial charge in [-0.2, -0.15) is 0 Å². The number of pyridine rings is 1. The van der Waals surface area contributed by atoms with Crippen LogP contribution in [-0.4, -0.2) is 4.98 Å². The summed E-state index contributed by atoms with van der Waals surface area (Å²) >= 11 is 0. The molecular weight excluding hydrogens is 194 g/mol. The predicted molar refractivity (Wildman–Crippen MR) is 73.7 cm³/mol. The van der Waals surface area contributed by atoms with E-state index in [4.69, 9.17) is 0 Å². The average Bonchev–Trinajstić information content (AvgIpc) is 2.32. The molecule has 0 unspecified atom stereocenters. The zero-order valence-corrected chi connectivity index (χ0v) is 11.1. The van der Waals surface area contributed by atoms with Crippen molar-refractivity contribution in [1.82, 2.24) is 4.98 Å². The maximum Gasteiger partial charge on any atom is 0.0435 e. The molecule has 0 aliphatic carbocycles.